The summed E-state index contributed by atoms with van der Waals surface area (Å²) in [7, 11) is 0. The monoisotopic (exact) mass is 283 g/mol. The fraction of sp³-hybridized carbons (Fsp3) is 0.900. The minimum atomic E-state index is 0.615. The van der Waals surface area contributed by atoms with Gasteiger partial charge < -0.3 is 5.32 Å². The smallest absolute Gasteiger partial charge is 0.0163 e. The number of fused-ring (bicyclic) bond motifs is 1. The van der Waals surface area contributed by atoms with Gasteiger partial charge in [0.1, 0.15) is 0 Å². The molecule has 0 aromatic carbocycles. The minimum absolute atomic E-state index is 0.615. The average Bonchev–Trinajstić information content (AvgIpc) is 2.56. The summed E-state index contributed by atoms with van der Waals surface area (Å²) in [6.07, 6.45) is 12.0. The zero-order chi connectivity index (χ0) is 14.0. The lowest BCUT2D eigenvalue weighted by Crippen LogP contribution is -2.65. The van der Waals surface area contributed by atoms with Crippen LogP contribution < -0.4 is 5.32 Å². The summed E-state index contributed by atoms with van der Waals surface area (Å²) in [6, 6.07) is 0.876. The fourth-order valence-electron chi connectivity index (χ4n) is 9.33. The maximum atomic E-state index is 4.49. The van der Waals surface area contributed by atoms with E-state index in [0.717, 1.165) is 29.7 Å². The lowest BCUT2D eigenvalue weighted by Gasteiger charge is -2.66. The standard InChI is InChI=1S/C20H29N/c1-12-10-19-7-4-15-18(2)5-3-6-20(15)16(19)9-13(12)8-14(19)17(20)21-11-18/h13-17,21H,1,3-11H2,2H3/t13-,14?,15+,16+,17+,18-,19?,20?/m0/s1. The molecule has 1 heterocycles. The summed E-state index contributed by atoms with van der Waals surface area (Å²) in [5, 5.41) is 4.15. The Balaban J connectivity index is 1.60. The zero-order valence-electron chi connectivity index (χ0n) is 13.5. The minimum Gasteiger partial charge on any atom is -0.313 e. The van der Waals surface area contributed by atoms with Crippen molar-refractivity contribution in [1.29, 1.82) is 0 Å². The van der Waals surface area contributed by atoms with E-state index in [9.17, 15) is 0 Å². The highest BCUT2D eigenvalue weighted by Gasteiger charge is 2.77. The van der Waals surface area contributed by atoms with Gasteiger partial charge in [-0.05, 0) is 84.9 Å². The predicted octanol–water partition coefficient (Wildman–Crippen LogP) is 4.15. The molecule has 1 aliphatic heterocycles. The van der Waals surface area contributed by atoms with Crippen molar-refractivity contribution in [3.8, 4) is 0 Å². The van der Waals surface area contributed by atoms with Crippen molar-refractivity contribution in [2.24, 2.45) is 39.9 Å². The molecular formula is C20H29N. The Morgan fingerprint density at radius 2 is 2.05 bits per heavy atom. The highest BCUT2D eigenvalue weighted by Crippen LogP contribution is 2.81. The molecule has 7 fully saturated rings. The second kappa shape index (κ2) is 3.30. The molecule has 7 aliphatic rings. The Labute approximate surface area is 128 Å². The largest absolute Gasteiger partial charge is 0.313 e. The van der Waals surface area contributed by atoms with Gasteiger partial charge in [0.05, 0.1) is 0 Å². The third-order valence-electron chi connectivity index (χ3n) is 9.73. The first-order chi connectivity index (χ1) is 10.1. The predicted molar refractivity (Wildman–Crippen MR) is 84.8 cm³/mol. The lowest BCUT2D eigenvalue weighted by atomic mass is 9.40. The molecule has 1 nitrogen and oxygen atoms in total. The maximum absolute atomic E-state index is 4.49. The van der Waals surface area contributed by atoms with Crippen LogP contribution in [0.2, 0.25) is 0 Å². The van der Waals surface area contributed by atoms with Crippen LogP contribution in [0.25, 0.3) is 0 Å². The van der Waals surface area contributed by atoms with E-state index in [-0.39, 0.29) is 0 Å². The van der Waals surface area contributed by atoms with Crippen molar-refractivity contribution < 1.29 is 0 Å². The Kier molecular flexibility index (Phi) is 1.91. The average molecular weight is 283 g/mol. The summed E-state index contributed by atoms with van der Waals surface area (Å²) in [5.74, 6) is 3.98. The van der Waals surface area contributed by atoms with Gasteiger partial charge in [-0.25, -0.2) is 0 Å². The molecule has 6 bridgehead atoms. The summed E-state index contributed by atoms with van der Waals surface area (Å²) >= 11 is 0. The summed E-state index contributed by atoms with van der Waals surface area (Å²) < 4.78 is 0. The van der Waals surface area contributed by atoms with E-state index >= 15 is 0 Å². The molecule has 0 aromatic rings. The van der Waals surface area contributed by atoms with Crippen molar-refractivity contribution in [3.63, 3.8) is 0 Å². The van der Waals surface area contributed by atoms with Gasteiger partial charge in [0, 0.05) is 12.6 Å². The van der Waals surface area contributed by atoms with Crippen LogP contribution in [0.1, 0.15) is 58.3 Å². The third-order valence-corrected chi connectivity index (χ3v) is 9.73. The van der Waals surface area contributed by atoms with Crippen LogP contribution >= 0.6 is 0 Å². The molecule has 1 N–H and O–H groups in total. The Bertz CT molecular complexity index is 552. The molecule has 3 unspecified atom stereocenters. The lowest BCUT2D eigenvalue weighted by molar-refractivity contribution is -0.150. The van der Waals surface area contributed by atoms with Crippen LogP contribution in [0.4, 0.5) is 0 Å². The van der Waals surface area contributed by atoms with Crippen LogP contribution in [0.15, 0.2) is 12.2 Å². The second-order valence-corrected chi connectivity index (χ2v) is 9.97. The summed E-state index contributed by atoms with van der Waals surface area (Å²) in [5.41, 5.74) is 3.63. The Hall–Kier alpha value is -0.300. The zero-order valence-corrected chi connectivity index (χ0v) is 13.5. The summed E-state index contributed by atoms with van der Waals surface area (Å²) in [4.78, 5) is 0. The van der Waals surface area contributed by atoms with E-state index < -0.39 is 0 Å². The van der Waals surface area contributed by atoms with E-state index in [1.165, 1.54) is 45.1 Å². The quantitative estimate of drug-likeness (QED) is 0.659. The molecule has 0 radical (unpaired) electrons. The van der Waals surface area contributed by atoms with Gasteiger partial charge in [0.2, 0.25) is 0 Å². The van der Waals surface area contributed by atoms with E-state index in [1.54, 1.807) is 18.4 Å². The number of nitrogens with one attached hydrogen (secondary N) is 1. The normalized spacial score (nSPS) is 66.5. The van der Waals surface area contributed by atoms with E-state index in [2.05, 4.69) is 18.8 Å². The van der Waals surface area contributed by atoms with Crippen LogP contribution in [0.5, 0.6) is 0 Å². The molecule has 8 atom stereocenters. The van der Waals surface area contributed by atoms with Crippen molar-refractivity contribution in [2.45, 2.75) is 64.3 Å². The van der Waals surface area contributed by atoms with E-state index in [4.69, 9.17) is 0 Å². The SMILES string of the molecule is C=C1CC23CC[C@H]4C56CCC[C@@]4(C)CN[C@@H]5C2C[C@H]1C[C@H]36. The van der Waals surface area contributed by atoms with Gasteiger partial charge in [-0.15, -0.1) is 0 Å². The molecule has 0 amide bonds. The van der Waals surface area contributed by atoms with Crippen LogP contribution in [0.3, 0.4) is 0 Å². The van der Waals surface area contributed by atoms with Crippen molar-refractivity contribution in [1.82, 2.24) is 5.32 Å². The molecule has 1 saturated heterocycles. The molecule has 7 rings (SSSR count). The highest BCUT2D eigenvalue weighted by molar-refractivity contribution is 5.33. The first-order valence-corrected chi connectivity index (χ1v) is 9.51. The van der Waals surface area contributed by atoms with Gasteiger partial charge in [-0.3, -0.25) is 0 Å². The third kappa shape index (κ3) is 1.05. The Morgan fingerprint density at radius 1 is 1.14 bits per heavy atom. The highest BCUT2D eigenvalue weighted by atomic mass is 15.1. The number of hydrogen-bond donors (Lipinski definition) is 1. The van der Waals surface area contributed by atoms with E-state index in [1.807, 2.05) is 0 Å². The van der Waals surface area contributed by atoms with Gasteiger partial charge in [0.15, 0.2) is 0 Å². The Morgan fingerprint density at radius 3 is 2.95 bits per heavy atom. The van der Waals surface area contributed by atoms with Crippen molar-refractivity contribution in [2.75, 3.05) is 6.54 Å². The van der Waals surface area contributed by atoms with Crippen LogP contribution in [-0.2, 0) is 0 Å². The maximum Gasteiger partial charge on any atom is 0.0163 e. The summed E-state index contributed by atoms with van der Waals surface area (Å²) in [6.45, 7) is 8.43. The molecule has 21 heavy (non-hydrogen) atoms. The molecule has 6 aliphatic carbocycles. The van der Waals surface area contributed by atoms with Gasteiger partial charge in [-0.1, -0.05) is 25.5 Å². The second-order valence-electron chi connectivity index (χ2n) is 9.97. The molecule has 1 heteroatoms. The van der Waals surface area contributed by atoms with Gasteiger partial charge in [0.25, 0.3) is 0 Å². The molecule has 6 saturated carbocycles. The molecule has 114 valence electrons. The number of hydrogen-bond acceptors (Lipinski definition) is 1. The van der Waals surface area contributed by atoms with Gasteiger partial charge >= 0.3 is 0 Å². The van der Waals surface area contributed by atoms with Crippen LogP contribution in [-0.4, -0.2) is 12.6 Å². The van der Waals surface area contributed by atoms with Gasteiger partial charge in [-0.2, -0.15) is 0 Å². The molecule has 0 aromatic heterocycles. The molecule has 2 spiro atoms. The molecular weight excluding hydrogens is 254 g/mol. The topological polar surface area (TPSA) is 12.0 Å². The first kappa shape index (κ1) is 12.2. The van der Waals surface area contributed by atoms with Crippen molar-refractivity contribution >= 4 is 0 Å². The van der Waals surface area contributed by atoms with Crippen molar-refractivity contribution in [3.05, 3.63) is 12.2 Å². The van der Waals surface area contributed by atoms with Crippen LogP contribution in [0, 0.1) is 39.9 Å². The fourth-order valence-corrected chi connectivity index (χ4v) is 9.33. The number of piperidine rings is 1. The van der Waals surface area contributed by atoms with E-state index in [0.29, 0.717) is 16.2 Å². The number of rotatable bonds is 0. The first-order valence-electron chi connectivity index (χ1n) is 9.51. The number of allylic oxidation sites excluding steroid dienone is 1.